The van der Waals surface area contributed by atoms with Crippen LogP contribution in [-0.2, 0) is 4.79 Å². The van der Waals surface area contributed by atoms with Crippen molar-refractivity contribution in [2.45, 2.75) is 44.2 Å². The molecule has 2 aromatic heterocycles. The van der Waals surface area contributed by atoms with Crippen molar-refractivity contribution < 1.29 is 4.79 Å². The minimum atomic E-state index is -0.258. The molecular formula is C16H20N6O. The van der Waals surface area contributed by atoms with Gasteiger partial charge in [0.15, 0.2) is 17.0 Å². The summed E-state index contributed by atoms with van der Waals surface area (Å²) in [5, 5.41) is 0. The van der Waals surface area contributed by atoms with Gasteiger partial charge in [0, 0.05) is 12.6 Å². The lowest BCUT2D eigenvalue weighted by atomic mass is 9.94. The van der Waals surface area contributed by atoms with Crippen LogP contribution < -0.4 is 10.6 Å². The van der Waals surface area contributed by atoms with Gasteiger partial charge >= 0.3 is 0 Å². The number of nitrogens with zero attached hydrogens (tertiary/aromatic N) is 5. The SMILES string of the molecule is NC(=O)C1C2CCCC2CN1c1ncnc2c1ncn2C1CC1. The number of rotatable bonds is 3. The van der Waals surface area contributed by atoms with Crippen LogP contribution in [0.3, 0.4) is 0 Å². The minimum Gasteiger partial charge on any atom is -0.368 e. The van der Waals surface area contributed by atoms with Crippen molar-refractivity contribution >= 4 is 22.9 Å². The van der Waals surface area contributed by atoms with E-state index in [0.29, 0.717) is 17.9 Å². The molecular weight excluding hydrogens is 292 g/mol. The summed E-state index contributed by atoms with van der Waals surface area (Å²) in [6.07, 6.45) is 9.27. The van der Waals surface area contributed by atoms with E-state index in [9.17, 15) is 4.79 Å². The Balaban J connectivity index is 1.61. The Hall–Kier alpha value is -2.18. The third-order valence-corrected chi connectivity index (χ3v) is 5.73. The van der Waals surface area contributed by atoms with Crippen LogP contribution >= 0.6 is 0 Å². The number of amides is 1. The Bertz CT molecular complexity index is 782. The van der Waals surface area contributed by atoms with Gasteiger partial charge in [0.05, 0.1) is 6.33 Å². The van der Waals surface area contributed by atoms with Gasteiger partial charge in [-0.25, -0.2) is 15.0 Å². The molecule has 7 heteroatoms. The summed E-state index contributed by atoms with van der Waals surface area (Å²) in [4.78, 5) is 27.6. The number of aromatic nitrogens is 4. The average Bonchev–Trinajstić information content (AvgIpc) is 2.97. The lowest BCUT2D eigenvalue weighted by Crippen LogP contribution is -2.44. The average molecular weight is 312 g/mol. The maximum atomic E-state index is 12.1. The lowest BCUT2D eigenvalue weighted by molar-refractivity contribution is -0.120. The lowest BCUT2D eigenvalue weighted by Gasteiger charge is -2.26. The third kappa shape index (κ3) is 1.88. The molecule has 0 aromatic carbocycles. The summed E-state index contributed by atoms with van der Waals surface area (Å²) >= 11 is 0. The highest BCUT2D eigenvalue weighted by Gasteiger charge is 2.48. The highest BCUT2D eigenvalue weighted by atomic mass is 16.1. The second kappa shape index (κ2) is 4.66. The van der Waals surface area contributed by atoms with Gasteiger partial charge in [0.2, 0.25) is 5.91 Å². The van der Waals surface area contributed by atoms with Gasteiger partial charge in [0.1, 0.15) is 12.4 Å². The zero-order valence-electron chi connectivity index (χ0n) is 12.9. The summed E-state index contributed by atoms with van der Waals surface area (Å²) in [5.74, 6) is 1.44. The molecule has 5 rings (SSSR count). The molecule has 1 aliphatic heterocycles. The van der Waals surface area contributed by atoms with Crippen molar-refractivity contribution in [2.24, 2.45) is 17.6 Å². The Labute approximate surface area is 133 Å². The number of hydrogen-bond donors (Lipinski definition) is 1. The number of carbonyl (C=O) groups is 1. The van der Waals surface area contributed by atoms with Crippen LogP contribution in [0.2, 0.25) is 0 Å². The number of imidazole rings is 1. The largest absolute Gasteiger partial charge is 0.368 e. The van der Waals surface area contributed by atoms with Crippen LogP contribution in [0.1, 0.15) is 38.1 Å². The van der Waals surface area contributed by atoms with Gasteiger partial charge in [-0.1, -0.05) is 6.42 Å². The maximum Gasteiger partial charge on any atom is 0.240 e. The van der Waals surface area contributed by atoms with Gasteiger partial charge < -0.3 is 15.2 Å². The first-order valence-electron chi connectivity index (χ1n) is 8.47. The predicted octanol–water partition coefficient (Wildman–Crippen LogP) is 1.25. The molecule has 3 heterocycles. The highest BCUT2D eigenvalue weighted by molar-refractivity contribution is 5.90. The zero-order valence-corrected chi connectivity index (χ0v) is 12.9. The van der Waals surface area contributed by atoms with E-state index >= 15 is 0 Å². The van der Waals surface area contributed by atoms with Crippen molar-refractivity contribution in [3.05, 3.63) is 12.7 Å². The van der Waals surface area contributed by atoms with E-state index in [4.69, 9.17) is 5.73 Å². The van der Waals surface area contributed by atoms with Gasteiger partial charge in [-0.3, -0.25) is 4.79 Å². The quantitative estimate of drug-likeness (QED) is 0.921. The first kappa shape index (κ1) is 13.3. The maximum absolute atomic E-state index is 12.1. The first-order chi connectivity index (χ1) is 11.2. The van der Waals surface area contributed by atoms with E-state index in [0.717, 1.165) is 29.9 Å². The Morgan fingerprint density at radius 1 is 1.17 bits per heavy atom. The number of primary amides is 1. The van der Waals surface area contributed by atoms with Gasteiger partial charge in [-0.2, -0.15) is 0 Å². The van der Waals surface area contributed by atoms with Gasteiger partial charge in [0.25, 0.3) is 0 Å². The van der Waals surface area contributed by atoms with Gasteiger partial charge in [-0.05, 0) is 37.5 Å². The normalized spacial score (nSPS) is 30.1. The second-order valence-electron chi connectivity index (χ2n) is 7.11. The van der Waals surface area contributed by atoms with E-state index in [-0.39, 0.29) is 11.9 Å². The molecule has 0 bridgehead atoms. The molecule has 120 valence electrons. The van der Waals surface area contributed by atoms with Crippen LogP contribution in [0.25, 0.3) is 11.2 Å². The van der Waals surface area contributed by atoms with Crippen molar-refractivity contribution in [2.75, 3.05) is 11.4 Å². The summed E-state index contributed by atoms with van der Waals surface area (Å²) in [7, 11) is 0. The Morgan fingerprint density at radius 2 is 2.04 bits per heavy atom. The number of hydrogen-bond acceptors (Lipinski definition) is 5. The molecule has 1 saturated heterocycles. The van der Waals surface area contributed by atoms with Crippen LogP contribution in [0.5, 0.6) is 0 Å². The van der Waals surface area contributed by atoms with Crippen LogP contribution in [0, 0.1) is 11.8 Å². The molecule has 7 nitrogen and oxygen atoms in total. The molecule has 3 unspecified atom stereocenters. The molecule has 2 aromatic rings. The van der Waals surface area contributed by atoms with Crippen molar-refractivity contribution in [1.82, 2.24) is 19.5 Å². The molecule has 3 aliphatic rings. The summed E-state index contributed by atoms with van der Waals surface area (Å²) < 4.78 is 2.14. The summed E-state index contributed by atoms with van der Waals surface area (Å²) in [5.41, 5.74) is 7.41. The molecule has 2 N–H and O–H groups in total. The first-order valence-corrected chi connectivity index (χ1v) is 8.47. The molecule has 2 aliphatic carbocycles. The highest BCUT2D eigenvalue weighted by Crippen LogP contribution is 2.45. The van der Waals surface area contributed by atoms with Crippen molar-refractivity contribution in [3.63, 3.8) is 0 Å². The fourth-order valence-electron chi connectivity index (χ4n) is 4.56. The van der Waals surface area contributed by atoms with Crippen LogP contribution in [0.4, 0.5) is 5.82 Å². The van der Waals surface area contributed by atoms with Gasteiger partial charge in [-0.15, -0.1) is 0 Å². The second-order valence-corrected chi connectivity index (χ2v) is 7.11. The number of anilines is 1. The van der Waals surface area contributed by atoms with E-state index in [1.54, 1.807) is 6.33 Å². The standard InChI is InChI=1S/C16H20N6O/c17-14(23)13-11-3-1-2-9(11)6-21(13)15-12-16(19-7-18-15)22(8-20-12)10-4-5-10/h7-11,13H,1-6H2,(H2,17,23). The molecule has 1 amide bonds. The van der Waals surface area contributed by atoms with Crippen LogP contribution in [-0.4, -0.2) is 38.0 Å². The fourth-order valence-corrected chi connectivity index (χ4v) is 4.56. The Morgan fingerprint density at radius 3 is 2.83 bits per heavy atom. The van der Waals surface area contributed by atoms with Crippen molar-refractivity contribution in [3.8, 4) is 0 Å². The van der Waals surface area contributed by atoms with E-state index < -0.39 is 0 Å². The monoisotopic (exact) mass is 312 g/mol. The third-order valence-electron chi connectivity index (χ3n) is 5.73. The topological polar surface area (TPSA) is 89.9 Å². The number of nitrogens with two attached hydrogens (primary N) is 1. The molecule has 3 atom stereocenters. The number of carbonyl (C=O) groups excluding carboxylic acids is 1. The molecule has 3 fully saturated rings. The Kier molecular flexibility index (Phi) is 2.69. The minimum absolute atomic E-state index is 0.243. The zero-order chi connectivity index (χ0) is 15.6. The molecule has 0 radical (unpaired) electrons. The summed E-state index contributed by atoms with van der Waals surface area (Å²) in [6.45, 7) is 0.848. The van der Waals surface area contributed by atoms with E-state index in [1.165, 1.54) is 25.7 Å². The fraction of sp³-hybridized carbons (Fsp3) is 0.625. The molecule has 2 saturated carbocycles. The van der Waals surface area contributed by atoms with Crippen molar-refractivity contribution in [1.29, 1.82) is 0 Å². The summed E-state index contributed by atoms with van der Waals surface area (Å²) in [6, 6.07) is 0.263. The van der Waals surface area contributed by atoms with E-state index in [2.05, 4.69) is 24.4 Å². The molecule has 23 heavy (non-hydrogen) atoms. The smallest absolute Gasteiger partial charge is 0.240 e. The predicted molar refractivity (Wildman–Crippen MR) is 84.8 cm³/mol. The van der Waals surface area contributed by atoms with E-state index in [1.807, 2.05) is 6.33 Å². The number of fused-ring (bicyclic) bond motifs is 2. The van der Waals surface area contributed by atoms with Crippen LogP contribution in [0.15, 0.2) is 12.7 Å². The molecule has 0 spiro atoms.